The molecule has 2 aromatic heterocycles. The van der Waals surface area contributed by atoms with Crippen LogP contribution in [0.15, 0.2) is 30.9 Å². The van der Waals surface area contributed by atoms with E-state index in [-0.39, 0.29) is 12.4 Å². The summed E-state index contributed by atoms with van der Waals surface area (Å²) in [6, 6.07) is 5.09. The highest BCUT2D eigenvalue weighted by atomic mass is 35.5. The highest BCUT2D eigenvalue weighted by molar-refractivity contribution is 8.07. The van der Waals surface area contributed by atoms with Crippen LogP contribution in [0, 0.1) is 0 Å². The van der Waals surface area contributed by atoms with Crippen molar-refractivity contribution in [3.05, 3.63) is 46.5 Å². The van der Waals surface area contributed by atoms with Crippen molar-refractivity contribution in [1.29, 1.82) is 0 Å². The number of imidazole rings is 1. The number of fused-ring (bicyclic) bond motifs is 1. The van der Waals surface area contributed by atoms with E-state index in [2.05, 4.69) is 15.0 Å². The van der Waals surface area contributed by atoms with E-state index in [1.54, 1.807) is 18.2 Å². The number of nitrogens with two attached hydrogens (primary N) is 1. The first-order valence-electron chi connectivity index (χ1n) is 10.2. The van der Waals surface area contributed by atoms with Crippen molar-refractivity contribution in [3.8, 4) is 0 Å². The van der Waals surface area contributed by atoms with Crippen molar-refractivity contribution in [2.45, 2.75) is 37.1 Å². The number of nitrogen functional groups attached to an aromatic ring is 1. The van der Waals surface area contributed by atoms with E-state index in [4.69, 9.17) is 59.1 Å². The second-order valence-corrected chi connectivity index (χ2v) is 11.6. The van der Waals surface area contributed by atoms with Crippen molar-refractivity contribution >= 4 is 58.7 Å². The van der Waals surface area contributed by atoms with E-state index >= 15 is 0 Å². The van der Waals surface area contributed by atoms with Gasteiger partial charge in [-0.1, -0.05) is 23.2 Å². The molecule has 5 rings (SSSR count). The normalized spacial score (nSPS) is 31.8. The number of hydrogen-bond acceptors (Lipinski definition) is 11. The molecule has 2 unspecified atom stereocenters. The van der Waals surface area contributed by atoms with Crippen molar-refractivity contribution < 1.29 is 28.5 Å². The van der Waals surface area contributed by atoms with Crippen LogP contribution in [0.1, 0.15) is 24.3 Å². The zero-order valence-electron chi connectivity index (χ0n) is 17.4. The number of benzene rings is 1. The summed E-state index contributed by atoms with van der Waals surface area (Å²) in [6.07, 6.45) is -1.70. The Balaban J connectivity index is 1.28. The standard InChI is InChI=1S/C19H20Cl2N5O6PS/c20-9-1-2-11(21)10(5-9)12-3-4-29-33(34,32-12)30-6-13-15(27)16(28)19(31-13)26-8-25-14-17(22)23-7-24-18(14)26/h1-2,5,7-8,12-13,15-16,19,27-28H,3-4,6H2,(H2,22,23,24)/t12-,13+,15?,16-,19+,33?/m0/s1. The van der Waals surface area contributed by atoms with Gasteiger partial charge in [0.25, 0.3) is 0 Å². The average Bonchev–Trinajstić information content (AvgIpc) is 3.36. The minimum absolute atomic E-state index is 0.175. The largest absolute Gasteiger partial charge is 0.387 e. The summed E-state index contributed by atoms with van der Waals surface area (Å²) in [6.45, 7) is -3.07. The zero-order chi connectivity index (χ0) is 24.0. The smallest absolute Gasteiger partial charge is 0.327 e. The number of aromatic nitrogens is 4. The van der Waals surface area contributed by atoms with Crippen molar-refractivity contribution in [3.63, 3.8) is 0 Å². The molecule has 2 saturated heterocycles. The number of anilines is 1. The Bertz CT molecular complexity index is 1270. The third-order valence-corrected chi connectivity index (χ3v) is 8.53. The molecule has 1 aromatic carbocycles. The van der Waals surface area contributed by atoms with E-state index in [9.17, 15) is 10.2 Å². The van der Waals surface area contributed by atoms with Gasteiger partial charge in [-0.25, -0.2) is 15.0 Å². The molecule has 6 atom stereocenters. The van der Waals surface area contributed by atoms with Crippen LogP contribution in [0.5, 0.6) is 0 Å². The van der Waals surface area contributed by atoms with Gasteiger partial charge in [-0.05, 0) is 30.0 Å². The lowest BCUT2D eigenvalue weighted by atomic mass is 10.1. The van der Waals surface area contributed by atoms with Crippen LogP contribution in [0.4, 0.5) is 5.82 Å². The maximum atomic E-state index is 10.6. The van der Waals surface area contributed by atoms with Crippen LogP contribution in [0.25, 0.3) is 11.2 Å². The van der Waals surface area contributed by atoms with Crippen LogP contribution in [-0.2, 0) is 30.1 Å². The third kappa shape index (κ3) is 4.56. The van der Waals surface area contributed by atoms with Crippen molar-refractivity contribution in [2.24, 2.45) is 0 Å². The Kier molecular flexibility index (Phi) is 6.81. The summed E-state index contributed by atoms with van der Waals surface area (Å²) >= 11 is 17.9. The Hall–Kier alpha value is -1.44. The molecule has 11 nitrogen and oxygen atoms in total. The number of nitrogens with zero attached hydrogens (tertiary/aromatic N) is 4. The Morgan fingerprint density at radius 1 is 1.24 bits per heavy atom. The highest BCUT2D eigenvalue weighted by Gasteiger charge is 2.45. The molecule has 0 bridgehead atoms. The molecule has 0 aliphatic carbocycles. The molecule has 34 heavy (non-hydrogen) atoms. The van der Waals surface area contributed by atoms with Crippen LogP contribution in [0.2, 0.25) is 10.0 Å². The minimum atomic E-state index is -3.19. The van der Waals surface area contributed by atoms with Gasteiger partial charge < -0.3 is 34.3 Å². The summed E-state index contributed by atoms with van der Waals surface area (Å²) in [7, 11) is 0. The fourth-order valence-corrected chi connectivity index (χ4v) is 6.39. The van der Waals surface area contributed by atoms with Crippen LogP contribution in [-0.4, -0.2) is 61.3 Å². The lowest BCUT2D eigenvalue weighted by molar-refractivity contribution is -0.0533. The molecule has 0 radical (unpaired) electrons. The summed E-state index contributed by atoms with van der Waals surface area (Å²) < 4.78 is 24.8. The van der Waals surface area contributed by atoms with E-state index in [0.29, 0.717) is 39.8 Å². The maximum Gasteiger partial charge on any atom is 0.327 e. The highest BCUT2D eigenvalue weighted by Crippen LogP contribution is 2.58. The Morgan fingerprint density at radius 3 is 2.88 bits per heavy atom. The predicted octanol–water partition coefficient (Wildman–Crippen LogP) is 2.75. The maximum absolute atomic E-state index is 10.6. The molecular formula is C19H20Cl2N5O6PS. The second kappa shape index (κ2) is 9.55. The molecule has 182 valence electrons. The first-order chi connectivity index (χ1) is 16.3. The van der Waals surface area contributed by atoms with E-state index in [1.165, 1.54) is 17.2 Å². The van der Waals surface area contributed by atoms with Gasteiger partial charge in [0, 0.05) is 22.0 Å². The second-order valence-electron chi connectivity index (χ2n) is 7.75. The first kappa shape index (κ1) is 24.3. The molecule has 4 N–H and O–H groups in total. The van der Waals surface area contributed by atoms with E-state index in [1.807, 2.05) is 0 Å². The molecule has 2 aliphatic rings. The van der Waals surface area contributed by atoms with Gasteiger partial charge in [0.2, 0.25) is 0 Å². The van der Waals surface area contributed by atoms with Crippen LogP contribution in [0.3, 0.4) is 0 Å². The average molecular weight is 548 g/mol. The molecule has 2 fully saturated rings. The zero-order valence-corrected chi connectivity index (χ0v) is 20.6. The molecule has 15 heteroatoms. The van der Waals surface area contributed by atoms with Gasteiger partial charge >= 0.3 is 6.72 Å². The quantitative estimate of drug-likeness (QED) is 0.405. The Labute approximate surface area is 209 Å². The number of hydrogen-bond donors (Lipinski definition) is 3. The number of halogens is 2. The van der Waals surface area contributed by atoms with E-state index in [0.717, 1.165) is 0 Å². The van der Waals surface area contributed by atoms with Crippen LogP contribution < -0.4 is 5.73 Å². The molecule has 2 aliphatic heterocycles. The third-order valence-electron chi connectivity index (χ3n) is 5.59. The number of rotatable bonds is 5. The SMILES string of the molecule is Nc1ncnc2c1ncn2[C@@H]1O[C@H](COP2(=S)OCC[C@@H](c3cc(Cl)ccc3Cl)O2)C(O)[C@@H]1O. The molecular weight excluding hydrogens is 528 g/mol. The summed E-state index contributed by atoms with van der Waals surface area (Å²) in [4.78, 5) is 12.2. The monoisotopic (exact) mass is 547 g/mol. The van der Waals surface area contributed by atoms with Gasteiger partial charge in [0.05, 0.1) is 25.6 Å². The summed E-state index contributed by atoms with van der Waals surface area (Å²) in [5.74, 6) is 0.190. The van der Waals surface area contributed by atoms with Gasteiger partial charge in [-0.3, -0.25) is 4.57 Å². The molecule has 0 amide bonds. The minimum Gasteiger partial charge on any atom is -0.387 e. The van der Waals surface area contributed by atoms with Gasteiger partial charge in [-0.15, -0.1) is 0 Å². The predicted molar refractivity (Wildman–Crippen MR) is 127 cm³/mol. The van der Waals surface area contributed by atoms with Gasteiger partial charge in [0.15, 0.2) is 17.7 Å². The van der Waals surface area contributed by atoms with Gasteiger partial charge in [0.1, 0.15) is 30.2 Å². The number of aliphatic hydroxyl groups excluding tert-OH is 2. The number of aliphatic hydroxyl groups is 2. The fourth-order valence-electron chi connectivity index (χ4n) is 3.87. The lowest BCUT2D eigenvalue weighted by Crippen LogP contribution is -2.34. The topological polar surface area (TPSA) is 147 Å². The van der Waals surface area contributed by atoms with Gasteiger partial charge in [-0.2, -0.15) is 0 Å². The van der Waals surface area contributed by atoms with Crippen LogP contribution >= 0.6 is 29.9 Å². The molecule has 3 aromatic rings. The molecule has 0 spiro atoms. The van der Waals surface area contributed by atoms with Crippen molar-refractivity contribution in [1.82, 2.24) is 19.5 Å². The molecule has 4 heterocycles. The molecule has 0 saturated carbocycles. The summed E-state index contributed by atoms with van der Waals surface area (Å²) in [5.41, 5.74) is 7.23. The van der Waals surface area contributed by atoms with Crippen molar-refractivity contribution in [2.75, 3.05) is 18.9 Å². The first-order valence-corrected chi connectivity index (χ1v) is 13.5. The summed E-state index contributed by atoms with van der Waals surface area (Å²) in [5, 5.41) is 22.2. The Morgan fingerprint density at radius 2 is 2.06 bits per heavy atom. The van der Waals surface area contributed by atoms with E-state index < -0.39 is 37.4 Å². The number of ether oxygens (including phenoxy) is 1. The lowest BCUT2D eigenvalue weighted by Gasteiger charge is -2.33. The fraction of sp³-hybridized carbons (Fsp3) is 0.421.